The van der Waals surface area contributed by atoms with E-state index < -0.39 is 5.72 Å². The Morgan fingerprint density at radius 3 is 2.28 bits per heavy atom. The van der Waals surface area contributed by atoms with Gasteiger partial charge in [0.15, 0.2) is 0 Å². The number of amides is 2. The van der Waals surface area contributed by atoms with Crippen molar-refractivity contribution >= 4 is 11.8 Å². The van der Waals surface area contributed by atoms with Gasteiger partial charge in [0.1, 0.15) is 12.3 Å². The van der Waals surface area contributed by atoms with Gasteiger partial charge in [0, 0.05) is 26.1 Å². The third-order valence-corrected chi connectivity index (χ3v) is 1.95. The maximum absolute atomic E-state index is 11.3. The number of hydrogen-bond acceptors (Lipinski definition) is 5. The van der Waals surface area contributed by atoms with E-state index in [0.717, 1.165) is 6.54 Å². The molecule has 0 heterocycles. The zero-order valence-electron chi connectivity index (χ0n) is 11.3. The Labute approximate surface area is 108 Å². The van der Waals surface area contributed by atoms with Crippen LogP contribution < -0.4 is 21.7 Å². The van der Waals surface area contributed by atoms with E-state index >= 15 is 0 Å². The Morgan fingerprint density at radius 1 is 1.11 bits per heavy atom. The van der Waals surface area contributed by atoms with Crippen molar-refractivity contribution in [1.82, 2.24) is 16.0 Å². The highest BCUT2D eigenvalue weighted by molar-refractivity contribution is 5.79. The third kappa shape index (κ3) is 11.3. The topological polar surface area (TPSA) is 105 Å². The van der Waals surface area contributed by atoms with Gasteiger partial charge in [-0.25, -0.2) is 0 Å². The quantitative estimate of drug-likeness (QED) is 0.299. The Morgan fingerprint density at radius 2 is 1.72 bits per heavy atom. The predicted molar refractivity (Wildman–Crippen MR) is 68.8 cm³/mol. The molecule has 0 radical (unpaired) electrons. The fraction of sp³-hybridized carbons (Fsp3) is 0.818. The SMILES string of the molecule is CNCCNC(=O)CCNC(=O)COC(C)(C)N. The van der Waals surface area contributed by atoms with Crippen molar-refractivity contribution in [3.8, 4) is 0 Å². The summed E-state index contributed by atoms with van der Waals surface area (Å²) in [6.45, 7) is 4.81. The van der Waals surface area contributed by atoms with Crippen LogP contribution in [0.3, 0.4) is 0 Å². The highest BCUT2D eigenvalue weighted by atomic mass is 16.5. The van der Waals surface area contributed by atoms with E-state index in [1.54, 1.807) is 13.8 Å². The average molecular weight is 260 g/mol. The number of ether oxygens (including phenoxy) is 1. The van der Waals surface area contributed by atoms with Crippen LogP contribution in [-0.4, -0.2) is 50.8 Å². The second kappa shape index (κ2) is 8.84. The molecule has 7 nitrogen and oxygen atoms in total. The molecular formula is C11H24N4O3. The van der Waals surface area contributed by atoms with Crippen LogP contribution in [0.5, 0.6) is 0 Å². The molecule has 0 aliphatic carbocycles. The molecule has 0 aliphatic heterocycles. The summed E-state index contributed by atoms with van der Waals surface area (Å²) < 4.78 is 5.09. The summed E-state index contributed by atoms with van der Waals surface area (Å²) >= 11 is 0. The van der Waals surface area contributed by atoms with Gasteiger partial charge >= 0.3 is 0 Å². The molecular weight excluding hydrogens is 236 g/mol. The van der Waals surface area contributed by atoms with E-state index in [1.165, 1.54) is 0 Å². The molecule has 5 N–H and O–H groups in total. The molecule has 0 aromatic carbocycles. The Bertz CT molecular complexity index is 264. The van der Waals surface area contributed by atoms with Gasteiger partial charge in [0.05, 0.1) is 0 Å². The highest BCUT2D eigenvalue weighted by Gasteiger charge is 2.13. The monoisotopic (exact) mass is 260 g/mol. The minimum absolute atomic E-state index is 0.0920. The van der Waals surface area contributed by atoms with E-state index in [9.17, 15) is 9.59 Å². The van der Waals surface area contributed by atoms with Gasteiger partial charge in [-0.3, -0.25) is 9.59 Å². The lowest BCUT2D eigenvalue weighted by molar-refractivity contribution is -0.131. The van der Waals surface area contributed by atoms with Crippen molar-refractivity contribution < 1.29 is 14.3 Å². The molecule has 0 spiro atoms. The van der Waals surface area contributed by atoms with Crippen molar-refractivity contribution in [2.45, 2.75) is 26.0 Å². The van der Waals surface area contributed by atoms with Gasteiger partial charge in [0.25, 0.3) is 0 Å². The van der Waals surface area contributed by atoms with Crippen molar-refractivity contribution in [2.75, 3.05) is 33.3 Å². The molecule has 0 saturated heterocycles. The van der Waals surface area contributed by atoms with Crippen molar-refractivity contribution in [3.63, 3.8) is 0 Å². The lowest BCUT2D eigenvalue weighted by Gasteiger charge is -2.18. The first-order valence-corrected chi connectivity index (χ1v) is 5.96. The van der Waals surface area contributed by atoms with Gasteiger partial charge < -0.3 is 26.4 Å². The van der Waals surface area contributed by atoms with Crippen LogP contribution in [0.1, 0.15) is 20.3 Å². The maximum atomic E-state index is 11.3. The van der Waals surface area contributed by atoms with Crippen LogP contribution in [0.25, 0.3) is 0 Å². The first-order valence-electron chi connectivity index (χ1n) is 5.96. The molecule has 0 aliphatic rings. The summed E-state index contributed by atoms with van der Waals surface area (Å²) in [5.74, 6) is -0.373. The Hall–Kier alpha value is -1.18. The van der Waals surface area contributed by atoms with Gasteiger partial charge in [0.2, 0.25) is 11.8 Å². The van der Waals surface area contributed by atoms with E-state index in [-0.39, 0.29) is 24.8 Å². The van der Waals surface area contributed by atoms with Crippen molar-refractivity contribution in [3.05, 3.63) is 0 Å². The molecule has 0 saturated carbocycles. The first-order chi connectivity index (χ1) is 8.35. The van der Waals surface area contributed by atoms with E-state index in [1.807, 2.05) is 7.05 Å². The fourth-order valence-corrected chi connectivity index (χ4v) is 1.03. The number of carbonyl (C=O) groups excluding carboxylic acids is 2. The number of carbonyl (C=O) groups is 2. The number of hydrogen-bond donors (Lipinski definition) is 4. The van der Waals surface area contributed by atoms with Crippen molar-refractivity contribution in [1.29, 1.82) is 0 Å². The van der Waals surface area contributed by atoms with Gasteiger partial charge in [-0.05, 0) is 20.9 Å². The normalized spacial score (nSPS) is 11.1. The van der Waals surface area contributed by atoms with Gasteiger partial charge in [-0.1, -0.05) is 0 Å². The van der Waals surface area contributed by atoms with E-state index in [2.05, 4.69) is 16.0 Å². The molecule has 0 atom stereocenters. The Balaban J connectivity index is 3.53. The van der Waals surface area contributed by atoms with Crippen molar-refractivity contribution in [2.24, 2.45) is 5.73 Å². The molecule has 0 fully saturated rings. The molecule has 0 bridgehead atoms. The lowest BCUT2D eigenvalue weighted by Crippen LogP contribution is -2.40. The standard InChI is InChI=1S/C11H24N4O3/c1-11(2,12)18-8-10(17)14-5-4-9(16)15-7-6-13-3/h13H,4-8,12H2,1-3H3,(H,14,17)(H,15,16). The first kappa shape index (κ1) is 16.8. The number of nitrogens with two attached hydrogens (primary N) is 1. The number of likely N-dealkylation sites (N-methyl/N-ethyl adjacent to an activating group) is 1. The van der Waals surface area contributed by atoms with Crippen LogP contribution in [0.2, 0.25) is 0 Å². The molecule has 0 rings (SSSR count). The second-order valence-electron chi connectivity index (χ2n) is 4.45. The summed E-state index contributed by atoms with van der Waals surface area (Å²) in [6.07, 6.45) is 0.251. The summed E-state index contributed by atoms with van der Waals surface area (Å²) in [6, 6.07) is 0. The highest BCUT2D eigenvalue weighted by Crippen LogP contribution is 1.97. The zero-order valence-corrected chi connectivity index (χ0v) is 11.3. The predicted octanol–water partition coefficient (Wildman–Crippen LogP) is -1.46. The van der Waals surface area contributed by atoms with Crippen LogP contribution >= 0.6 is 0 Å². The summed E-state index contributed by atoms with van der Waals surface area (Å²) in [5, 5.41) is 8.21. The van der Waals surface area contributed by atoms with Crippen LogP contribution in [0.15, 0.2) is 0 Å². The molecule has 106 valence electrons. The number of rotatable bonds is 9. The fourth-order valence-electron chi connectivity index (χ4n) is 1.03. The van der Waals surface area contributed by atoms with Gasteiger partial charge in [-0.15, -0.1) is 0 Å². The Kier molecular flexibility index (Phi) is 8.27. The minimum Gasteiger partial charge on any atom is -0.355 e. The van der Waals surface area contributed by atoms with Crippen LogP contribution in [0, 0.1) is 0 Å². The van der Waals surface area contributed by atoms with Crippen LogP contribution in [0.4, 0.5) is 0 Å². The van der Waals surface area contributed by atoms with Gasteiger partial charge in [-0.2, -0.15) is 0 Å². The average Bonchev–Trinajstić information content (AvgIpc) is 2.26. The zero-order chi connectivity index (χ0) is 14.0. The number of nitrogens with one attached hydrogen (secondary N) is 3. The molecule has 7 heteroatoms. The smallest absolute Gasteiger partial charge is 0.246 e. The summed E-state index contributed by atoms with van der Waals surface area (Å²) in [5.41, 5.74) is 4.72. The lowest BCUT2D eigenvalue weighted by atomic mass is 10.3. The summed E-state index contributed by atoms with van der Waals surface area (Å²) in [4.78, 5) is 22.6. The second-order valence-corrected chi connectivity index (χ2v) is 4.45. The third-order valence-electron chi connectivity index (χ3n) is 1.95. The summed E-state index contributed by atoms with van der Waals surface area (Å²) in [7, 11) is 1.81. The molecule has 2 amide bonds. The largest absolute Gasteiger partial charge is 0.355 e. The molecule has 0 aromatic rings. The molecule has 0 aromatic heterocycles. The van der Waals surface area contributed by atoms with Crippen LogP contribution in [-0.2, 0) is 14.3 Å². The molecule has 0 unspecified atom stereocenters. The van der Waals surface area contributed by atoms with E-state index in [0.29, 0.717) is 13.1 Å². The minimum atomic E-state index is -0.831. The molecule has 18 heavy (non-hydrogen) atoms. The van der Waals surface area contributed by atoms with E-state index in [4.69, 9.17) is 10.5 Å². The maximum Gasteiger partial charge on any atom is 0.246 e.